The number of halogens is 4. The molecule has 16 rings (SSSR count). The van der Waals surface area contributed by atoms with E-state index in [9.17, 15) is 32.3 Å². The number of amides is 4. The summed E-state index contributed by atoms with van der Waals surface area (Å²) in [7, 11) is 0. The highest BCUT2D eigenvalue weighted by Gasteiger charge is 2.22. The molecule has 0 saturated heterocycles. The number of rotatable bonds is 0. The number of fused-ring (bicyclic) bond motifs is 20. The highest BCUT2D eigenvalue weighted by atomic mass is 79.9. The van der Waals surface area contributed by atoms with Gasteiger partial charge in [-0.2, -0.15) is 0 Å². The number of allylic oxidation sites excluding steroid dienone is 4. The number of nitrogens with zero attached hydrogens (tertiary/aromatic N) is 12. The lowest BCUT2D eigenvalue weighted by molar-refractivity contribution is 0.101. The molecule has 12 heterocycles. The topological polar surface area (TPSA) is 276 Å². The molecule has 4 aromatic carbocycles. The molecular formula is C76H60BrF3N16O8. The van der Waals surface area contributed by atoms with E-state index in [4.69, 9.17) is 18.9 Å². The van der Waals surface area contributed by atoms with Gasteiger partial charge in [0.2, 0.25) is 0 Å². The van der Waals surface area contributed by atoms with Crippen molar-refractivity contribution >= 4 is 62.8 Å². The molecule has 0 spiro atoms. The Labute approximate surface area is 600 Å². The van der Waals surface area contributed by atoms with Crippen LogP contribution >= 0.6 is 15.9 Å². The molecular weight excluding hydrogens is 1400 g/mol. The predicted molar refractivity (Wildman–Crippen MR) is 386 cm³/mol. The van der Waals surface area contributed by atoms with Gasteiger partial charge in [0.25, 0.3) is 23.6 Å². The molecule has 0 unspecified atom stereocenters. The molecule has 0 fully saturated rings. The van der Waals surface area contributed by atoms with Crippen LogP contribution in [0.3, 0.4) is 0 Å². The van der Waals surface area contributed by atoms with Crippen molar-refractivity contribution in [2.24, 2.45) is 0 Å². The number of imidazole rings is 4. The number of nitrogens with one attached hydrogen (secondary N) is 4. The third kappa shape index (κ3) is 17.3. The van der Waals surface area contributed by atoms with Crippen LogP contribution < -0.4 is 40.2 Å². The number of ether oxygens (including phenoxy) is 4. The van der Waals surface area contributed by atoms with Gasteiger partial charge in [0, 0.05) is 86.3 Å². The lowest BCUT2D eigenvalue weighted by atomic mass is 10.1. The first-order chi connectivity index (χ1) is 50.8. The molecule has 0 saturated carbocycles. The van der Waals surface area contributed by atoms with Crippen molar-refractivity contribution in [1.29, 1.82) is 0 Å². The van der Waals surface area contributed by atoms with Gasteiger partial charge in [-0.1, -0.05) is 64.5 Å². The molecule has 4 N–H and O–H groups in total. The summed E-state index contributed by atoms with van der Waals surface area (Å²) in [6, 6.07) is 38.2. The average Bonchev–Trinajstić information content (AvgIpc) is 1.55. The Hall–Kier alpha value is -13.4. The van der Waals surface area contributed by atoms with Gasteiger partial charge in [0.05, 0.1) is 22.3 Å². The molecule has 104 heavy (non-hydrogen) atoms. The minimum Gasteiger partial charge on any atom is -0.489 e. The Morgan fingerprint density at radius 3 is 0.981 bits per heavy atom. The van der Waals surface area contributed by atoms with E-state index in [1.807, 2.05) is 128 Å². The smallest absolute Gasteiger partial charge is 0.260 e. The van der Waals surface area contributed by atoms with Crippen LogP contribution in [-0.4, -0.2) is 108 Å². The summed E-state index contributed by atoms with van der Waals surface area (Å²) in [5, 5.41) is 10.9. The average molecular weight is 1460 g/mol. The summed E-state index contributed by atoms with van der Waals surface area (Å²) in [4.78, 5) is 85.8. The molecule has 8 aromatic heterocycles. The second-order valence-corrected chi connectivity index (χ2v) is 23.7. The van der Waals surface area contributed by atoms with Crippen LogP contribution in [0, 0.1) is 17.5 Å². The van der Waals surface area contributed by atoms with Crippen LogP contribution in [0.5, 0.6) is 23.0 Å². The van der Waals surface area contributed by atoms with Gasteiger partial charge in [-0.05, 0) is 140 Å². The lowest BCUT2D eigenvalue weighted by Gasteiger charge is -2.12. The van der Waals surface area contributed by atoms with Crippen LogP contribution in [0.1, 0.15) is 41.4 Å². The number of benzene rings is 4. The van der Waals surface area contributed by atoms with Crippen molar-refractivity contribution in [1.82, 2.24) is 58.1 Å². The van der Waals surface area contributed by atoms with E-state index in [0.717, 1.165) is 22.4 Å². The van der Waals surface area contributed by atoms with Crippen LogP contribution in [0.15, 0.2) is 248 Å². The zero-order chi connectivity index (χ0) is 71.7. The molecule has 12 aromatic rings. The molecule has 520 valence electrons. The van der Waals surface area contributed by atoms with Gasteiger partial charge >= 0.3 is 0 Å². The molecule has 4 amide bonds. The van der Waals surface area contributed by atoms with E-state index >= 15 is 0 Å². The number of carbonyl (C=O) groups is 4. The Bertz CT molecular complexity index is 4900. The van der Waals surface area contributed by atoms with Crippen molar-refractivity contribution in [3.63, 3.8) is 0 Å². The number of anilines is 4. The maximum absolute atomic E-state index is 13.6. The number of carbonyl (C=O) groups excluding carboxylic acids is 4. The normalized spacial score (nSPS) is 15.0. The van der Waals surface area contributed by atoms with E-state index in [2.05, 4.69) is 77.1 Å². The van der Waals surface area contributed by atoms with Crippen LogP contribution in [0.4, 0.5) is 36.4 Å². The van der Waals surface area contributed by atoms with Crippen LogP contribution in [0.2, 0.25) is 0 Å². The lowest BCUT2D eigenvalue weighted by Crippen LogP contribution is -2.15. The number of pyridine rings is 4. The second kappa shape index (κ2) is 32.7. The Kier molecular flexibility index (Phi) is 21.8. The van der Waals surface area contributed by atoms with Gasteiger partial charge in [0.15, 0.2) is 23.3 Å². The zero-order valence-corrected chi connectivity index (χ0v) is 56.5. The molecule has 0 radical (unpaired) electrons. The molecule has 0 atom stereocenters. The fraction of sp³-hybridized carbons (Fsp3) is 0.105. The first kappa shape index (κ1) is 69.1. The van der Waals surface area contributed by atoms with E-state index < -0.39 is 35.2 Å². The monoisotopic (exact) mass is 1460 g/mol. The zero-order valence-electron chi connectivity index (χ0n) is 54.9. The first-order valence-corrected chi connectivity index (χ1v) is 33.1. The largest absolute Gasteiger partial charge is 0.489 e. The Balaban J connectivity index is 0.000000123. The van der Waals surface area contributed by atoms with Gasteiger partial charge in [-0.25, -0.2) is 53.0 Å². The third-order valence-corrected chi connectivity index (χ3v) is 16.2. The van der Waals surface area contributed by atoms with E-state index in [0.29, 0.717) is 119 Å². The molecule has 24 nitrogen and oxygen atoms in total. The van der Waals surface area contributed by atoms with Gasteiger partial charge in [0.1, 0.15) is 113 Å². The Morgan fingerprint density at radius 2 is 0.625 bits per heavy atom. The minimum atomic E-state index is -0.511. The highest BCUT2D eigenvalue weighted by Crippen LogP contribution is 2.30. The van der Waals surface area contributed by atoms with E-state index in [1.54, 1.807) is 79.4 Å². The van der Waals surface area contributed by atoms with Crippen LogP contribution in [-0.2, 0) is 26.2 Å². The molecule has 0 aliphatic carbocycles. The second-order valence-electron chi connectivity index (χ2n) is 22.8. The summed E-state index contributed by atoms with van der Waals surface area (Å²) < 4.78 is 72.0. The number of hydrogen-bond acceptors (Lipinski definition) is 16. The van der Waals surface area contributed by atoms with Gasteiger partial charge in [-0.3, -0.25) is 19.2 Å². The van der Waals surface area contributed by atoms with Crippen molar-refractivity contribution in [2.45, 2.75) is 26.2 Å². The quantitative estimate of drug-likeness (QED) is 0.103. The summed E-state index contributed by atoms with van der Waals surface area (Å²) in [6.07, 6.45) is 29.5. The molecule has 4 aliphatic rings. The van der Waals surface area contributed by atoms with Gasteiger partial charge in [-0.15, -0.1) is 0 Å². The minimum absolute atomic E-state index is 0.115. The molecule has 28 heteroatoms. The van der Waals surface area contributed by atoms with Crippen molar-refractivity contribution in [3.05, 3.63) is 288 Å². The van der Waals surface area contributed by atoms with E-state index in [-0.39, 0.29) is 48.2 Å². The van der Waals surface area contributed by atoms with Crippen LogP contribution in [0.25, 0.3) is 46.1 Å². The fourth-order valence-corrected chi connectivity index (χ4v) is 11.2. The standard InChI is InChI=1S/C19H15BrN4O2.3C19H15FN4O2/c3*20-13-6-7-16-14(12-13)19(25)23-17-5-3-4-15(22-17)18-21-8-10-24(18)9-1-2-11-26-16;20-13-6-7-14-16(12-13)26-11-2-1-9-24-10-8-21-18(24)15-4-3-5-17(22-15)23-19(14)25/h4*1-8,10,12H,9,11H2,(H,22,23,25)/b2-1-;2-1+;2-1-;2-1+. The third-order valence-electron chi connectivity index (χ3n) is 15.7. The maximum Gasteiger partial charge on any atom is 0.260 e. The predicted octanol–water partition coefficient (Wildman–Crippen LogP) is 13.8. The molecule has 4 aliphatic heterocycles. The first-order valence-electron chi connectivity index (χ1n) is 32.3. The maximum atomic E-state index is 13.6. The number of aromatic nitrogens is 12. The fourth-order valence-electron chi connectivity index (χ4n) is 10.8. The SMILES string of the molecule is O=C1Nc2cccc(n2)-c2nccn2C/C=C/COc2cc(F)ccc21.O=C1Nc2cccc(n2)-c2nccn2C/C=C/COc2ccc(F)cc21.O=C1Nc2cccc(n2)-c2nccn2C/C=C\COc2ccc(Br)cc21.O=C1Nc2cccc(n2)-c2nccn2C/C=C\COc2ccc(F)cc21. The van der Waals surface area contributed by atoms with Crippen molar-refractivity contribution < 1.29 is 51.3 Å². The number of hydrogen-bond donors (Lipinski definition) is 4. The van der Waals surface area contributed by atoms with E-state index in [1.165, 1.54) is 42.5 Å². The molecule has 8 bridgehead atoms. The summed E-state index contributed by atoms with van der Waals surface area (Å²) >= 11 is 3.40. The van der Waals surface area contributed by atoms with Gasteiger partial charge < -0.3 is 58.5 Å². The summed E-state index contributed by atoms with van der Waals surface area (Å²) in [6.45, 7) is 3.57. The van der Waals surface area contributed by atoms with Crippen molar-refractivity contribution in [3.8, 4) is 69.1 Å². The summed E-state index contributed by atoms with van der Waals surface area (Å²) in [5.41, 5.74) is 3.53. The highest BCUT2D eigenvalue weighted by molar-refractivity contribution is 9.10. The summed E-state index contributed by atoms with van der Waals surface area (Å²) in [5.74, 6) is 2.51. The Morgan fingerprint density at radius 1 is 0.327 bits per heavy atom. The van der Waals surface area contributed by atoms with Crippen molar-refractivity contribution in [2.75, 3.05) is 47.7 Å².